The van der Waals surface area contributed by atoms with E-state index >= 15 is 0 Å². The van der Waals surface area contributed by atoms with Gasteiger partial charge in [-0.05, 0) is 6.42 Å². The quantitative estimate of drug-likeness (QED) is 0.0974. The van der Waals surface area contributed by atoms with Gasteiger partial charge in [0.15, 0.2) is 12.6 Å². The number of hydrogen-bond donors (Lipinski definition) is 14. The Balaban J connectivity index is 1.52. The fraction of sp³-hybridized carbons (Fsp3) is 1.00. The van der Waals surface area contributed by atoms with Crippen LogP contribution in [-0.4, -0.2) is 214 Å². The molecule has 1 saturated carbocycles. The van der Waals surface area contributed by atoms with Gasteiger partial charge in [0.05, 0.1) is 32.0 Å². The van der Waals surface area contributed by atoms with E-state index in [1.807, 2.05) is 0 Å². The van der Waals surface area contributed by atoms with E-state index in [4.69, 9.17) is 28.4 Å². The molecule has 45 heavy (non-hydrogen) atoms. The summed E-state index contributed by atoms with van der Waals surface area (Å²) in [7, 11) is 0. The highest BCUT2D eigenvalue weighted by molar-refractivity contribution is 5.01. The summed E-state index contributed by atoms with van der Waals surface area (Å²) in [5.41, 5.74) is 0. The van der Waals surface area contributed by atoms with E-state index in [1.165, 1.54) is 0 Å². The highest BCUT2D eigenvalue weighted by atomic mass is 16.8. The first-order valence-corrected chi connectivity index (χ1v) is 14.4. The Bertz CT molecular complexity index is 931. The van der Waals surface area contributed by atoms with Gasteiger partial charge in [-0.3, -0.25) is 0 Å². The molecule has 264 valence electrons. The maximum Gasteiger partial charge on any atom is 0.221 e. The van der Waals surface area contributed by atoms with Gasteiger partial charge in [0, 0.05) is 12.5 Å². The van der Waals surface area contributed by atoms with Crippen molar-refractivity contribution in [3.8, 4) is 0 Å². The van der Waals surface area contributed by atoms with Crippen LogP contribution < -0.4 is 0 Å². The zero-order valence-electron chi connectivity index (χ0n) is 23.8. The lowest BCUT2D eigenvalue weighted by Crippen LogP contribution is -2.65. The first-order chi connectivity index (χ1) is 21.2. The average molecular weight is 665 g/mol. The summed E-state index contributed by atoms with van der Waals surface area (Å²) >= 11 is 0. The standard InChI is InChI=1S/C25H44O20/c26-2-7-1-8(44-25(6-29)22(39)15(33)10(4-28)45-25)21(18(36)12(7)30)43-24-20(38)17(35)14(32)11(42-24)5-40-23-19(37)16(34)13(31)9(3-27)41-23/h7-24,26-39H,1-6H2/t7-,8+,9-,10-,11-,12-,13+,14+,15-,16+,17+,18+,19-,20-,21+,22+,23+,24-,25-/m1/s1. The topological polar surface area (TPSA) is 339 Å². The van der Waals surface area contributed by atoms with Crippen LogP contribution in [-0.2, 0) is 28.4 Å². The van der Waals surface area contributed by atoms with Crippen molar-refractivity contribution in [2.24, 2.45) is 5.92 Å². The summed E-state index contributed by atoms with van der Waals surface area (Å²) in [6, 6.07) is 0. The molecule has 0 spiro atoms. The first kappa shape index (κ1) is 37.0. The van der Waals surface area contributed by atoms with Crippen molar-refractivity contribution >= 4 is 0 Å². The van der Waals surface area contributed by atoms with Crippen LogP contribution in [0.1, 0.15) is 6.42 Å². The van der Waals surface area contributed by atoms with Crippen LogP contribution >= 0.6 is 0 Å². The minimum atomic E-state index is -2.37. The Morgan fingerprint density at radius 3 is 1.71 bits per heavy atom. The molecule has 0 amide bonds. The fourth-order valence-electron chi connectivity index (χ4n) is 5.97. The van der Waals surface area contributed by atoms with E-state index in [9.17, 15) is 71.5 Å². The summed E-state index contributed by atoms with van der Waals surface area (Å²) in [5.74, 6) is -3.41. The van der Waals surface area contributed by atoms with Crippen molar-refractivity contribution in [3.63, 3.8) is 0 Å². The van der Waals surface area contributed by atoms with Gasteiger partial charge in [-0.15, -0.1) is 0 Å². The average Bonchev–Trinajstić information content (AvgIpc) is 3.28. The number of hydrogen-bond acceptors (Lipinski definition) is 20. The van der Waals surface area contributed by atoms with Gasteiger partial charge in [0.2, 0.25) is 5.79 Å². The first-order valence-electron chi connectivity index (χ1n) is 14.4. The third kappa shape index (κ3) is 7.16. The molecule has 0 unspecified atom stereocenters. The van der Waals surface area contributed by atoms with E-state index in [0.29, 0.717) is 0 Å². The van der Waals surface area contributed by atoms with Crippen molar-refractivity contribution < 1.29 is 99.9 Å². The maximum absolute atomic E-state index is 10.9. The molecule has 20 heteroatoms. The van der Waals surface area contributed by atoms with E-state index in [0.717, 1.165) is 0 Å². The van der Waals surface area contributed by atoms with Gasteiger partial charge < -0.3 is 99.9 Å². The Labute approximate surface area is 255 Å². The third-order valence-electron chi connectivity index (χ3n) is 8.80. The van der Waals surface area contributed by atoms with Crippen molar-refractivity contribution in [1.82, 2.24) is 0 Å². The molecule has 1 aliphatic carbocycles. The number of ether oxygens (including phenoxy) is 6. The number of aliphatic hydroxyl groups excluding tert-OH is 14. The molecule has 0 bridgehead atoms. The Morgan fingerprint density at radius 1 is 0.578 bits per heavy atom. The zero-order chi connectivity index (χ0) is 33.4. The molecule has 3 aliphatic heterocycles. The van der Waals surface area contributed by atoms with Crippen LogP contribution in [0.4, 0.5) is 0 Å². The number of rotatable bonds is 11. The SMILES string of the molecule is OC[C@H]1C[C@H](O[C@]2(CO)O[C@H](CO)[C@@H](O)[C@@H]2O)[C@H](O[C@H]2O[C@H](CO[C@H]3O[C@H](CO)[C@H](O)[C@H](O)[C@H]3O)[C@H](O)[C@H](O)[C@H]2O)[C@@H](O)[C@@H]1O. The van der Waals surface area contributed by atoms with Crippen molar-refractivity contribution in [1.29, 1.82) is 0 Å². The zero-order valence-corrected chi connectivity index (χ0v) is 23.8. The fourth-order valence-corrected chi connectivity index (χ4v) is 5.97. The lowest BCUT2D eigenvalue weighted by Gasteiger charge is -2.48. The van der Waals surface area contributed by atoms with Crippen LogP contribution in [0.2, 0.25) is 0 Å². The van der Waals surface area contributed by atoms with Crippen LogP contribution in [0.15, 0.2) is 0 Å². The lowest BCUT2D eigenvalue weighted by molar-refractivity contribution is -0.364. The molecule has 0 aromatic carbocycles. The molecule has 0 radical (unpaired) electrons. The molecule has 19 atom stereocenters. The Morgan fingerprint density at radius 2 is 1.16 bits per heavy atom. The molecule has 0 aromatic heterocycles. The summed E-state index contributed by atoms with van der Waals surface area (Å²) in [5, 5.41) is 143. The van der Waals surface area contributed by atoms with Crippen LogP contribution in [0.3, 0.4) is 0 Å². The number of aliphatic hydroxyl groups is 14. The monoisotopic (exact) mass is 664 g/mol. The predicted molar refractivity (Wildman–Crippen MR) is 137 cm³/mol. The second-order valence-electron chi connectivity index (χ2n) is 11.7. The van der Waals surface area contributed by atoms with Gasteiger partial charge in [0.1, 0.15) is 86.0 Å². The van der Waals surface area contributed by atoms with Gasteiger partial charge in [-0.25, -0.2) is 0 Å². The molecular formula is C25H44O20. The maximum atomic E-state index is 10.9. The minimum absolute atomic E-state index is 0.311. The molecule has 4 aliphatic rings. The van der Waals surface area contributed by atoms with Gasteiger partial charge in [-0.1, -0.05) is 0 Å². The van der Waals surface area contributed by atoms with Crippen LogP contribution in [0, 0.1) is 5.92 Å². The summed E-state index contributed by atoms with van der Waals surface area (Å²) in [4.78, 5) is 0. The molecular weight excluding hydrogens is 620 g/mol. The summed E-state index contributed by atoms with van der Waals surface area (Å²) in [6.45, 7) is -3.94. The van der Waals surface area contributed by atoms with Gasteiger partial charge >= 0.3 is 0 Å². The molecule has 0 aromatic rings. The molecule has 4 fully saturated rings. The van der Waals surface area contributed by atoms with Crippen molar-refractivity contribution in [2.75, 3.05) is 33.0 Å². The van der Waals surface area contributed by atoms with E-state index < -0.39 is 149 Å². The predicted octanol–water partition coefficient (Wildman–Crippen LogP) is -9.08. The van der Waals surface area contributed by atoms with E-state index in [-0.39, 0.29) is 6.42 Å². The lowest BCUT2D eigenvalue weighted by atomic mass is 9.80. The highest BCUT2D eigenvalue weighted by Gasteiger charge is 2.59. The largest absolute Gasteiger partial charge is 0.396 e. The highest BCUT2D eigenvalue weighted by Crippen LogP contribution is 2.39. The summed E-state index contributed by atoms with van der Waals surface area (Å²) < 4.78 is 33.2. The molecule has 4 rings (SSSR count). The van der Waals surface area contributed by atoms with Crippen molar-refractivity contribution in [3.05, 3.63) is 0 Å². The van der Waals surface area contributed by atoms with Gasteiger partial charge in [0.25, 0.3) is 0 Å². The second-order valence-corrected chi connectivity index (χ2v) is 11.7. The third-order valence-corrected chi connectivity index (χ3v) is 8.80. The van der Waals surface area contributed by atoms with Crippen molar-refractivity contribution in [2.45, 2.75) is 116 Å². The van der Waals surface area contributed by atoms with E-state index in [2.05, 4.69) is 0 Å². The van der Waals surface area contributed by atoms with Crippen LogP contribution in [0.5, 0.6) is 0 Å². The molecule has 3 saturated heterocycles. The Kier molecular flexibility index (Phi) is 12.5. The van der Waals surface area contributed by atoms with Gasteiger partial charge in [-0.2, -0.15) is 0 Å². The molecule has 20 nitrogen and oxygen atoms in total. The normalized spacial score (nSPS) is 52.7. The smallest absolute Gasteiger partial charge is 0.221 e. The summed E-state index contributed by atoms with van der Waals surface area (Å²) in [6.07, 6.45) is -29.5. The minimum Gasteiger partial charge on any atom is -0.396 e. The van der Waals surface area contributed by atoms with E-state index in [1.54, 1.807) is 0 Å². The second kappa shape index (κ2) is 15.2. The molecule has 14 N–H and O–H groups in total. The molecule has 3 heterocycles. The van der Waals surface area contributed by atoms with Crippen LogP contribution in [0.25, 0.3) is 0 Å². The Hall–Kier alpha value is -0.800.